The van der Waals surface area contributed by atoms with E-state index in [4.69, 9.17) is 0 Å². The Morgan fingerprint density at radius 3 is 0.469 bits per heavy atom. The monoisotopic (exact) mass is 782 g/mol. The standard InChI is InChI=1S/6C5H9NO2.Mo/c6*7-5(8)4-2-1-3-6-4;/h6*4,6H,1-3H2,(H,7,8);/q;;;;;;+6/p-6/t6*4-;/m000000./s1. The topological polar surface area (TPSA) is 313 Å². The van der Waals surface area contributed by atoms with Crippen molar-refractivity contribution in [2.75, 3.05) is 39.3 Å². The molecule has 18 nitrogen and oxygen atoms in total. The van der Waals surface area contributed by atoms with E-state index in [1.807, 2.05) is 0 Å². The van der Waals surface area contributed by atoms with Crippen molar-refractivity contribution in [1.82, 2.24) is 31.9 Å². The Hall–Kier alpha value is -2.73. The second kappa shape index (κ2) is 27.0. The van der Waals surface area contributed by atoms with Crippen LogP contribution in [-0.2, 0) is 49.8 Å². The molecule has 0 aromatic carbocycles. The van der Waals surface area contributed by atoms with Crippen molar-refractivity contribution in [1.29, 1.82) is 0 Å². The summed E-state index contributed by atoms with van der Waals surface area (Å²) < 4.78 is 0. The van der Waals surface area contributed by atoms with Gasteiger partial charge in [-0.15, -0.1) is 0 Å². The van der Waals surface area contributed by atoms with E-state index in [1.54, 1.807) is 0 Å². The SMILES string of the molecule is O=C([O-])[C@@H]1CCCN1.O=C([O-])[C@@H]1CCCN1.O=C([O-])[C@@H]1CCCN1.O=C([O-])[C@@H]1CCCN1.O=C([O-])[C@@H]1CCCN1.O=C([O-])[C@@H]1CCCN1.[Mo+6]. The van der Waals surface area contributed by atoms with E-state index >= 15 is 0 Å². The van der Waals surface area contributed by atoms with Crippen molar-refractivity contribution in [2.45, 2.75) is 113 Å². The zero-order valence-corrected chi connectivity index (χ0v) is 29.5. The average molecular weight is 781 g/mol. The van der Waals surface area contributed by atoms with Gasteiger partial charge >= 0.3 is 21.1 Å². The first kappa shape index (κ1) is 46.3. The zero-order chi connectivity index (χ0) is 35.9. The summed E-state index contributed by atoms with van der Waals surface area (Å²) in [5.41, 5.74) is 0. The number of hydrogen-bond acceptors (Lipinski definition) is 18. The molecule has 49 heavy (non-hydrogen) atoms. The zero-order valence-electron chi connectivity index (χ0n) is 27.5. The fraction of sp³-hybridized carbons (Fsp3) is 0.800. The Morgan fingerprint density at radius 2 is 0.429 bits per heavy atom. The summed E-state index contributed by atoms with van der Waals surface area (Å²) in [4.78, 5) is 60.2. The summed E-state index contributed by atoms with van der Waals surface area (Å²) in [6.07, 6.45) is 10.1. The van der Waals surface area contributed by atoms with E-state index in [9.17, 15) is 59.4 Å². The van der Waals surface area contributed by atoms with E-state index in [1.165, 1.54) is 0 Å². The molecule has 6 atom stereocenters. The second-order valence-electron chi connectivity index (χ2n) is 11.8. The molecule has 6 N–H and O–H groups in total. The summed E-state index contributed by atoms with van der Waals surface area (Å²) in [5, 5.41) is 76.9. The Balaban J connectivity index is 0.000000562. The molecule has 0 amide bonds. The number of nitrogens with one attached hydrogen (secondary N) is 6. The molecule has 6 saturated heterocycles. The molecule has 6 aliphatic heterocycles. The first-order valence-corrected chi connectivity index (χ1v) is 16.5. The van der Waals surface area contributed by atoms with Crippen LogP contribution in [0.15, 0.2) is 0 Å². The van der Waals surface area contributed by atoms with Crippen LogP contribution in [0.1, 0.15) is 77.0 Å². The number of carboxylic acids is 6. The molecule has 276 valence electrons. The van der Waals surface area contributed by atoms with E-state index < -0.39 is 35.8 Å². The fourth-order valence-corrected chi connectivity index (χ4v) is 5.31. The van der Waals surface area contributed by atoms with Gasteiger partial charge in [0.2, 0.25) is 0 Å². The molecule has 6 fully saturated rings. The van der Waals surface area contributed by atoms with Gasteiger partial charge in [-0.2, -0.15) is 0 Å². The third kappa shape index (κ3) is 21.2. The molecule has 6 aliphatic rings. The van der Waals surface area contributed by atoms with E-state index in [-0.39, 0.29) is 57.3 Å². The number of hydrogen-bond donors (Lipinski definition) is 6. The molecule has 6 heterocycles. The Labute approximate surface area is 300 Å². The average Bonchev–Trinajstić information content (AvgIpc) is 3.91. The molecule has 0 unspecified atom stereocenters. The van der Waals surface area contributed by atoms with Gasteiger partial charge in [-0.1, -0.05) is 0 Å². The number of carbonyl (C=O) groups is 6. The molecule has 0 bridgehead atoms. The predicted molar refractivity (Wildman–Crippen MR) is 156 cm³/mol. The summed E-state index contributed by atoms with van der Waals surface area (Å²) in [6, 6.07) is -2.28. The molecule has 0 aliphatic carbocycles. The Morgan fingerprint density at radius 1 is 0.306 bits per heavy atom. The van der Waals surface area contributed by atoms with Crippen LogP contribution < -0.4 is 62.5 Å². The van der Waals surface area contributed by atoms with Crippen LogP contribution in [0.25, 0.3) is 0 Å². The summed E-state index contributed by atoms with van der Waals surface area (Å²) in [5.74, 6) is -5.82. The summed E-state index contributed by atoms with van der Waals surface area (Å²) >= 11 is 0. The number of aliphatic carboxylic acids is 6. The van der Waals surface area contributed by atoms with Gasteiger partial charge < -0.3 is 91.3 Å². The van der Waals surface area contributed by atoms with Crippen LogP contribution in [0.3, 0.4) is 0 Å². The summed E-state index contributed by atoms with van der Waals surface area (Å²) in [6.45, 7) is 4.91. The van der Waals surface area contributed by atoms with Crippen molar-refractivity contribution in [3.63, 3.8) is 0 Å². The van der Waals surface area contributed by atoms with Crippen LogP contribution in [0.2, 0.25) is 0 Å². The van der Waals surface area contributed by atoms with Crippen LogP contribution in [0.4, 0.5) is 0 Å². The van der Waals surface area contributed by atoms with Crippen molar-refractivity contribution >= 4 is 35.8 Å². The van der Waals surface area contributed by atoms with Crippen LogP contribution >= 0.6 is 0 Å². The molecule has 0 spiro atoms. The smallest absolute Gasteiger partial charge is 0.548 e. The second-order valence-corrected chi connectivity index (χ2v) is 11.8. The molecule has 0 aromatic rings. The van der Waals surface area contributed by atoms with Gasteiger partial charge in [-0.3, -0.25) is 0 Å². The van der Waals surface area contributed by atoms with Crippen molar-refractivity contribution in [3.8, 4) is 0 Å². The van der Waals surface area contributed by atoms with Gasteiger partial charge in [0, 0.05) is 36.3 Å². The van der Waals surface area contributed by atoms with Gasteiger partial charge in [0.1, 0.15) is 0 Å². The van der Waals surface area contributed by atoms with Crippen LogP contribution in [-0.4, -0.2) is 111 Å². The molecular weight excluding hydrogens is 732 g/mol. The third-order valence-electron chi connectivity index (χ3n) is 8.07. The van der Waals surface area contributed by atoms with Crippen molar-refractivity contribution in [3.05, 3.63) is 0 Å². The summed E-state index contributed by atoms with van der Waals surface area (Å²) in [7, 11) is 0. The maximum Gasteiger partial charge on any atom is 6.00 e. The van der Waals surface area contributed by atoms with Gasteiger partial charge in [0.15, 0.2) is 0 Å². The molecule has 0 aromatic heterocycles. The minimum absolute atomic E-state index is 0. The number of carboxylic acid groups (broad SMARTS) is 6. The first-order chi connectivity index (χ1) is 22.8. The van der Waals surface area contributed by atoms with E-state index in [2.05, 4.69) is 31.9 Å². The van der Waals surface area contributed by atoms with E-state index in [0.717, 1.165) is 116 Å². The number of carbonyl (C=O) groups excluding carboxylic acids is 6. The predicted octanol–water partition coefficient (Wildman–Crippen LogP) is -9.07. The maximum atomic E-state index is 10.0. The normalized spacial score (nSPS) is 27.7. The molecule has 6 rings (SSSR count). The molecule has 0 radical (unpaired) electrons. The van der Waals surface area contributed by atoms with E-state index in [0.29, 0.717) is 0 Å². The third-order valence-corrected chi connectivity index (χ3v) is 8.07. The van der Waals surface area contributed by atoms with Gasteiger partial charge in [-0.05, 0) is 116 Å². The van der Waals surface area contributed by atoms with Crippen LogP contribution in [0.5, 0.6) is 0 Å². The van der Waals surface area contributed by atoms with Gasteiger partial charge in [0.25, 0.3) is 0 Å². The first-order valence-electron chi connectivity index (χ1n) is 16.5. The van der Waals surface area contributed by atoms with Crippen molar-refractivity contribution < 1.29 is 80.5 Å². The van der Waals surface area contributed by atoms with Gasteiger partial charge in [-0.25, -0.2) is 0 Å². The Bertz CT molecular complexity index is 788. The quantitative estimate of drug-likeness (QED) is 0.136. The van der Waals surface area contributed by atoms with Crippen LogP contribution in [0, 0.1) is 0 Å². The van der Waals surface area contributed by atoms with Crippen molar-refractivity contribution in [2.24, 2.45) is 0 Å². The Kier molecular flexibility index (Phi) is 25.5. The van der Waals surface area contributed by atoms with Gasteiger partial charge in [0.05, 0.1) is 35.8 Å². The molecule has 19 heteroatoms. The largest absolute Gasteiger partial charge is 6.00 e. The molecular formula is C30H48MoN6O12. The number of rotatable bonds is 6. The maximum absolute atomic E-state index is 10.0. The fourth-order valence-electron chi connectivity index (χ4n) is 5.31. The molecule has 0 saturated carbocycles. The minimum atomic E-state index is -0.970. The minimum Gasteiger partial charge on any atom is -0.548 e.